The molecule has 7 nitrogen and oxygen atoms in total. The molecule has 0 bridgehead atoms. The maximum atomic E-state index is 12.7. The third-order valence-corrected chi connectivity index (χ3v) is 4.78. The molecule has 0 saturated carbocycles. The Labute approximate surface area is 154 Å². The highest BCUT2D eigenvalue weighted by atomic mass is 16.6. The molecule has 4 rings (SSSR count). The first-order valence-corrected chi connectivity index (χ1v) is 8.80. The fourth-order valence-electron chi connectivity index (χ4n) is 3.47. The number of esters is 2. The second kappa shape index (κ2) is 6.83. The summed E-state index contributed by atoms with van der Waals surface area (Å²) in [6.07, 6.45) is -0.225. The minimum atomic E-state index is -0.847. The van der Waals surface area contributed by atoms with Gasteiger partial charge >= 0.3 is 11.9 Å². The number of carbonyl (C=O) groups excluding carboxylic acids is 4. The van der Waals surface area contributed by atoms with E-state index in [0.29, 0.717) is 22.9 Å². The van der Waals surface area contributed by atoms with E-state index in [1.807, 2.05) is 12.1 Å². The predicted molar refractivity (Wildman–Crippen MR) is 94.0 cm³/mol. The van der Waals surface area contributed by atoms with Crippen LogP contribution in [0.15, 0.2) is 36.4 Å². The molecule has 0 spiro atoms. The van der Waals surface area contributed by atoms with Crippen LogP contribution in [0, 0.1) is 0 Å². The van der Waals surface area contributed by atoms with Crippen molar-refractivity contribution < 1.29 is 28.7 Å². The van der Waals surface area contributed by atoms with Gasteiger partial charge in [-0.2, -0.15) is 0 Å². The third kappa shape index (κ3) is 3.05. The fraction of sp³-hybridized carbons (Fsp3) is 0.300. The van der Waals surface area contributed by atoms with E-state index in [1.54, 1.807) is 24.3 Å². The molecule has 2 aliphatic heterocycles. The standard InChI is InChI=1S/C20H17NO6/c22-16(27-15-9-11-26-20(15)25)8-3-10-21-18(23)13-6-1-4-12-5-2-7-14(17(12)13)19(21)24/h1-2,4-7,15H,3,8-11H2/t15-/m0/s1. The molecular weight excluding hydrogens is 350 g/mol. The van der Waals surface area contributed by atoms with E-state index in [4.69, 9.17) is 9.47 Å². The Balaban J connectivity index is 1.43. The lowest BCUT2D eigenvalue weighted by Gasteiger charge is -2.27. The highest BCUT2D eigenvalue weighted by Gasteiger charge is 2.33. The van der Waals surface area contributed by atoms with Crippen molar-refractivity contribution in [2.24, 2.45) is 0 Å². The van der Waals surface area contributed by atoms with Gasteiger partial charge in [-0.3, -0.25) is 19.3 Å². The Morgan fingerprint density at radius 1 is 1.07 bits per heavy atom. The predicted octanol–water partition coefficient (Wildman–Crippen LogP) is 2.07. The number of amides is 2. The Morgan fingerprint density at radius 3 is 2.33 bits per heavy atom. The van der Waals surface area contributed by atoms with Gasteiger partial charge in [-0.15, -0.1) is 0 Å². The minimum Gasteiger partial charge on any atom is -0.463 e. The van der Waals surface area contributed by atoms with Crippen molar-refractivity contribution in [3.8, 4) is 0 Å². The summed E-state index contributed by atoms with van der Waals surface area (Å²) in [7, 11) is 0. The summed E-state index contributed by atoms with van der Waals surface area (Å²) in [6.45, 7) is 0.352. The van der Waals surface area contributed by atoms with Gasteiger partial charge in [-0.05, 0) is 23.9 Å². The topological polar surface area (TPSA) is 90.0 Å². The number of cyclic esters (lactones) is 1. The van der Waals surface area contributed by atoms with Crippen LogP contribution in [-0.4, -0.2) is 47.9 Å². The van der Waals surface area contributed by atoms with Crippen molar-refractivity contribution in [3.63, 3.8) is 0 Å². The summed E-state index contributed by atoms with van der Waals surface area (Å²) in [5, 5.41) is 1.52. The molecule has 7 heteroatoms. The lowest BCUT2D eigenvalue weighted by Crippen LogP contribution is -2.41. The van der Waals surface area contributed by atoms with Crippen LogP contribution in [-0.2, 0) is 19.1 Å². The normalized spacial score (nSPS) is 18.7. The van der Waals surface area contributed by atoms with Crippen LogP contribution >= 0.6 is 0 Å². The maximum absolute atomic E-state index is 12.7. The van der Waals surface area contributed by atoms with Crippen LogP contribution in [0.3, 0.4) is 0 Å². The summed E-state index contributed by atoms with van der Waals surface area (Å²) in [5.41, 5.74) is 0.970. The maximum Gasteiger partial charge on any atom is 0.347 e. The number of ether oxygens (including phenoxy) is 2. The van der Waals surface area contributed by atoms with Gasteiger partial charge in [0.2, 0.25) is 6.10 Å². The summed E-state index contributed by atoms with van der Waals surface area (Å²) >= 11 is 0. The molecule has 0 N–H and O–H groups in total. The Morgan fingerprint density at radius 2 is 1.74 bits per heavy atom. The van der Waals surface area contributed by atoms with Crippen LogP contribution < -0.4 is 0 Å². The average Bonchev–Trinajstić information content (AvgIpc) is 3.07. The van der Waals surface area contributed by atoms with Crippen LogP contribution in [0.4, 0.5) is 0 Å². The second-order valence-electron chi connectivity index (χ2n) is 6.51. The van der Waals surface area contributed by atoms with Crippen molar-refractivity contribution in [1.82, 2.24) is 4.90 Å². The smallest absolute Gasteiger partial charge is 0.347 e. The zero-order valence-corrected chi connectivity index (χ0v) is 14.5. The number of nitrogens with zero attached hydrogens (tertiary/aromatic N) is 1. The van der Waals surface area contributed by atoms with Gasteiger partial charge in [0.25, 0.3) is 11.8 Å². The molecular formula is C20H17NO6. The zero-order chi connectivity index (χ0) is 19.0. The number of benzene rings is 2. The SMILES string of the molecule is O=C(CCCN1C(=O)c2cccc3cccc(c23)C1=O)O[C@H]1CCOC1=O. The minimum absolute atomic E-state index is 0.00663. The van der Waals surface area contributed by atoms with Gasteiger partial charge in [0, 0.05) is 35.9 Å². The van der Waals surface area contributed by atoms with Crippen molar-refractivity contribution in [3.05, 3.63) is 47.5 Å². The molecule has 2 aromatic carbocycles. The number of imide groups is 1. The first kappa shape index (κ1) is 17.2. The molecule has 0 aliphatic carbocycles. The summed E-state index contributed by atoms with van der Waals surface area (Å²) < 4.78 is 9.81. The summed E-state index contributed by atoms with van der Waals surface area (Å²) in [5.74, 6) is -1.80. The largest absolute Gasteiger partial charge is 0.463 e. The van der Waals surface area contributed by atoms with E-state index in [2.05, 4.69) is 0 Å². The van der Waals surface area contributed by atoms with Crippen LogP contribution in [0.2, 0.25) is 0 Å². The average molecular weight is 367 g/mol. The molecule has 1 saturated heterocycles. The summed E-state index contributed by atoms with van der Waals surface area (Å²) in [4.78, 5) is 49.8. The molecule has 2 amide bonds. The molecule has 138 valence electrons. The molecule has 2 heterocycles. The van der Waals surface area contributed by atoms with Gasteiger partial charge in [0.05, 0.1) is 6.61 Å². The van der Waals surface area contributed by atoms with Crippen molar-refractivity contribution >= 4 is 34.5 Å². The lowest BCUT2D eigenvalue weighted by atomic mass is 9.94. The molecule has 0 aromatic heterocycles. The van der Waals surface area contributed by atoms with Gasteiger partial charge in [0.15, 0.2) is 0 Å². The highest BCUT2D eigenvalue weighted by molar-refractivity contribution is 6.25. The summed E-state index contributed by atoms with van der Waals surface area (Å²) in [6, 6.07) is 10.7. The first-order chi connectivity index (χ1) is 13.1. The molecule has 1 atom stereocenters. The van der Waals surface area contributed by atoms with Crippen molar-refractivity contribution in [2.75, 3.05) is 13.2 Å². The Kier molecular flexibility index (Phi) is 4.35. The number of rotatable bonds is 5. The number of hydrogen-bond acceptors (Lipinski definition) is 6. The van der Waals surface area contributed by atoms with E-state index in [1.165, 1.54) is 0 Å². The molecule has 1 fully saturated rings. The second-order valence-corrected chi connectivity index (χ2v) is 6.51. The van der Waals surface area contributed by atoms with E-state index in [0.717, 1.165) is 10.3 Å². The molecule has 2 aromatic rings. The lowest BCUT2D eigenvalue weighted by molar-refractivity contribution is -0.160. The molecule has 0 unspecified atom stereocenters. The van der Waals surface area contributed by atoms with Gasteiger partial charge in [-0.25, -0.2) is 4.79 Å². The Bertz CT molecular complexity index is 915. The number of hydrogen-bond donors (Lipinski definition) is 0. The van der Waals surface area contributed by atoms with Crippen molar-refractivity contribution in [1.29, 1.82) is 0 Å². The van der Waals surface area contributed by atoms with Gasteiger partial charge < -0.3 is 9.47 Å². The molecule has 2 aliphatic rings. The molecule has 27 heavy (non-hydrogen) atoms. The zero-order valence-electron chi connectivity index (χ0n) is 14.5. The number of carbonyl (C=O) groups is 4. The van der Waals surface area contributed by atoms with E-state index < -0.39 is 18.0 Å². The fourth-order valence-corrected chi connectivity index (χ4v) is 3.47. The van der Waals surface area contributed by atoms with E-state index in [-0.39, 0.29) is 37.8 Å². The third-order valence-electron chi connectivity index (χ3n) is 4.78. The van der Waals surface area contributed by atoms with Gasteiger partial charge in [0.1, 0.15) is 0 Å². The Hall–Kier alpha value is -3.22. The van der Waals surface area contributed by atoms with Crippen LogP contribution in [0.1, 0.15) is 40.0 Å². The van der Waals surface area contributed by atoms with Gasteiger partial charge in [-0.1, -0.05) is 24.3 Å². The van der Waals surface area contributed by atoms with E-state index >= 15 is 0 Å². The first-order valence-electron chi connectivity index (χ1n) is 8.80. The van der Waals surface area contributed by atoms with Crippen LogP contribution in [0.5, 0.6) is 0 Å². The van der Waals surface area contributed by atoms with Crippen LogP contribution in [0.25, 0.3) is 10.8 Å². The highest BCUT2D eigenvalue weighted by Crippen LogP contribution is 2.30. The molecule has 0 radical (unpaired) electrons. The quantitative estimate of drug-likeness (QED) is 0.594. The van der Waals surface area contributed by atoms with Crippen molar-refractivity contribution in [2.45, 2.75) is 25.4 Å². The monoisotopic (exact) mass is 367 g/mol. The van der Waals surface area contributed by atoms with E-state index in [9.17, 15) is 19.2 Å².